The lowest BCUT2D eigenvalue weighted by Crippen LogP contribution is -2.16. The van der Waals surface area contributed by atoms with Crippen molar-refractivity contribution in [3.8, 4) is 0 Å². The number of hydrogen-bond acceptors (Lipinski definition) is 2. The third-order valence-electron chi connectivity index (χ3n) is 1.71. The SMILES string of the molecule is C/C=C/C(=O)[C@@H]1CNC(=O)C1. The number of ketones is 1. The van der Waals surface area contributed by atoms with E-state index in [1.807, 2.05) is 0 Å². The molecule has 1 atom stereocenters. The van der Waals surface area contributed by atoms with Crippen molar-refractivity contribution in [3.05, 3.63) is 12.2 Å². The Bertz CT molecular complexity index is 208. The molecular formula is C8H11NO2. The van der Waals surface area contributed by atoms with E-state index in [2.05, 4.69) is 5.32 Å². The summed E-state index contributed by atoms with van der Waals surface area (Å²) in [6.45, 7) is 2.30. The smallest absolute Gasteiger partial charge is 0.220 e. The molecule has 0 aromatic heterocycles. The van der Waals surface area contributed by atoms with Crippen LogP contribution in [0.2, 0.25) is 0 Å². The maximum Gasteiger partial charge on any atom is 0.220 e. The van der Waals surface area contributed by atoms with Crippen molar-refractivity contribution in [1.82, 2.24) is 5.32 Å². The summed E-state index contributed by atoms with van der Waals surface area (Å²) in [6, 6.07) is 0. The van der Waals surface area contributed by atoms with Crippen LogP contribution in [0.4, 0.5) is 0 Å². The van der Waals surface area contributed by atoms with Gasteiger partial charge in [-0.1, -0.05) is 6.08 Å². The van der Waals surface area contributed by atoms with Gasteiger partial charge in [0.15, 0.2) is 5.78 Å². The Morgan fingerprint density at radius 3 is 2.91 bits per heavy atom. The van der Waals surface area contributed by atoms with Crippen LogP contribution in [-0.4, -0.2) is 18.2 Å². The van der Waals surface area contributed by atoms with E-state index in [4.69, 9.17) is 0 Å². The van der Waals surface area contributed by atoms with Crippen molar-refractivity contribution in [3.63, 3.8) is 0 Å². The summed E-state index contributed by atoms with van der Waals surface area (Å²) < 4.78 is 0. The maximum absolute atomic E-state index is 11.1. The van der Waals surface area contributed by atoms with Crippen molar-refractivity contribution in [2.75, 3.05) is 6.54 Å². The van der Waals surface area contributed by atoms with Crippen molar-refractivity contribution in [2.45, 2.75) is 13.3 Å². The zero-order valence-electron chi connectivity index (χ0n) is 6.46. The van der Waals surface area contributed by atoms with Crippen LogP contribution in [0.3, 0.4) is 0 Å². The van der Waals surface area contributed by atoms with Gasteiger partial charge >= 0.3 is 0 Å². The molecule has 60 valence electrons. The normalized spacial score (nSPS) is 24.1. The molecule has 0 spiro atoms. The van der Waals surface area contributed by atoms with Gasteiger partial charge in [-0.05, 0) is 13.0 Å². The molecule has 0 aromatic carbocycles. The molecule has 1 saturated heterocycles. The number of carbonyl (C=O) groups is 2. The number of amides is 1. The topological polar surface area (TPSA) is 46.2 Å². The highest BCUT2D eigenvalue weighted by Crippen LogP contribution is 2.10. The van der Waals surface area contributed by atoms with Crippen LogP contribution < -0.4 is 5.32 Å². The summed E-state index contributed by atoms with van der Waals surface area (Å²) >= 11 is 0. The summed E-state index contributed by atoms with van der Waals surface area (Å²) in [6.07, 6.45) is 3.57. The molecule has 1 heterocycles. The van der Waals surface area contributed by atoms with E-state index in [1.54, 1.807) is 13.0 Å². The Balaban J connectivity index is 2.49. The van der Waals surface area contributed by atoms with E-state index in [0.29, 0.717) is 13.0 Å². The van der Waals surface area contributed by atoms with Crippen LogP contribution in [0.1, 0.15) is 13.3 Å². The Morgan fingerprint density at radius 1 is 1.73 bits per heavy atom. The number of carbonyl (C=O) groups excluding carboxylic acids is 2. The first-order chi connectivity index (χ1) is 5.24. The third-order valence-corrected chi connectivity index (χ3v) is 1.71. The second-order valence-electron chi connectivity index (χ2n) is 2.61. The fraction of sp³-hybridized carbons (Fsp3) is 0.500. The first kappa shape index (κ1) is 7.98. The number of nitrogens with one attached hydrogen (secondary N) is 1. The van der Waals surface area contributed by atoms with Gasteiger partial charge in [-0.25, -0.2) is 0 Å². The average molecular weight is 153 g/mol. The summed E-state index contributed by atoms with van der Waals surface area (Å²) in [7, 11) is 0. The maximum atomic E-state index is 11.1. The van der Waals surface area contributed by atoms with Crippen molar-refractivity contribution in [1.29, 1.82) is 0 Å². The van der Waals surface area contributed by atoms with Crippen LogP contribution in [-0.2, 0) is 9.59 Å². The molecule has 1 aliphatic rings. The van der Waals surface area contributed by atoms with Gasteiger partial charge in [-0.2, -0.15) is 0 Å². The summed E-state index contributed by atoms with van der Waals surface area (Å²) in [5.74, 6) is -0.0996. The first-order valence-electron chi connectivity index (χ1n) is 3.67. The molecule has 0 aliphatic carbocycles. The minimum absolute atomic E-state index is 0.0205. The van der Waals surface area contributed by atoms with Gasteiger partial charge in [0, 0.05) is 18.9 Å². The largest absolute Gasteiger partial charge is 0.355 e. The molecule has 0 aromatic rings. The Hall–Kier alpha value is -1.12. The highest BCUT2D eigenvalue weighted by atomic mass is 16.2. The van der Waals surface area contributed by atoms with E-state index in [1.165, 1.54) is 6.08 Å². The number of allylic oxidation sites excluding steroid dienone is 2. The Kier molecular flexibility index (Phi) is 2.41. The second kappa shape index (κ2) is 3.32. The molecule has 1 fully saturated rings. The highest BCUT2D eigenvalue weighted by Gasteiger charge is 2.25. The lowest BCUT2D eigenvalue weighted by molar-refractivity contribution is -0.122. The molecule has 0 saturated carbocycles. The van der Waals surface area contributed by atoms with Gasteiger partial charge in [0.1, 0.15) is 0 Å². The van der Waals surface area contributed by atoms with E-state index in [9.17, 15) is 9.59 Å². The van der Waals surface area contributed by atoms with Gasteiger partial charge in [0.05, 0.1) is 0 Å². The first-order valence-corrected chi connectivity index (χ1v) is 3.67. The molecular weight excluding hydrogens is 142 g/mol. The van der Waals surface area contributed by atoms with E-state index in [-0.39, 0.29) is 17.6 Å². The highest BCUT2D eigenvalue weighted by molar-refractivity contribution is 5.96. The lowest BCUT2D eigenvalue weighted by Gasteiger charge is -1.98. The van der Waals surface area contributed by atoms with Crippen LogP contribution in [0, 0.1) is 5.92 Å². The third kappa shape index (κ3) is 1.90. The summed E-state index contributed by atoms with van der Waals surface area (Å²) in [4.78, 5) is 21.8. The van der Waals surface area contributed by atoms with Crippen molar-refractivity contribution < 1.29 is 9.59 Å². The van der Waals surface area contributed by atoms with Crippen LogP contribution >= 0.6 is 0 Å². The molecule has 1 rings (SSSR count). The predicted molar refractivity (Wildman–Crippen MR) is 40.9 cm³/mol. The second-order valence-corrected chi connectivity index (χ2v) is 2.61. The fourth-order valence-corrected chi connectivity index (χ4v) is 1.11. The van der Waals surface area contributed by atoms with Crippen molar-refractivity contribution >= 4 is 11.7 Å². The fourth-order valence-electron chi connectivity index (χ4n) is 1.11. The van der Waals surface area contributed by atoms with Crippen LogP contribution in [0.15, 0.2) is 12.2 Å². The number of rotatable bonds is 2. The molecule has 1 N–H and O–H groups in total. The zero-order chi connectivity index (χ0) is 8.27. The molecule has 3 nitrogen and oxygen atoms in total. The van der Waals surface area contributed by atoms with Gasteiger partial charge in [0.25, 0.3) is 0 Å². The van der Waals surface area contributed by atoms with E-state index >= 15 is 0 Å². The lowest BCUT2D eigenvalue weighted by atomic mass is 10.0. The molecule has 3 heteroatoms. The molecule has 0 bridgehead atoms. The monoisotopic (exact) mass is 153 g/mol. The molecule has 11 heavy (non-hydrogen) atoms. The minimum atomic E-state index is -0.126. The molecule has 0 unspecified atom stereocenters. The molecule has 1 aliphatic heterocycles. The summed E-state index contributed by atoms with van der Waals surface area (Å²) in [5, 5.41) is 2.62. The quantitative estimate of drug-likeness (QED) is 0.579. The minimum Gasteiger partial charge on any atom is -0.355 e. The van der Waals surface area contributed by atoms with Gasteiger partial charge in [0.2, 0.25) is 5.91 Å². The van der Waals surface area contributed by atoms with Crippen molar-refractivity contribution in [2.24, 2.45) is 5.92 Å². The van der Waals surface area contributed by atoms with E-state index < -0.39 is 0 Å². The van der Waals surface area contributed by atoms with Gasteiger partial charge < -0.3 is 5.32 Å². The molecule has 0 radical (unpaired) electrons. The van der Waals surface area contributed by atoms with E-state index in [0.717, 1.165) is 0 Å². The van der Waals surface area contributed by atoms with Crippen LogP contribution in [0.25, 0.3) is 0 Å². The Morgan fingerprint density at radius 2 is 2.45 bits per heavy atom. The number of hydrogen-bond donors (Lipinski definition) is 1. The average Bonchev–Trinajstić information content (AvgIpc) is 2.36. The van der Waals surface area contributed by atoms with Crippen LogP contribution in [0.5, 0.6) is 0 Å². The molecule has 1 amide bonds. The standard InChI is InChI=1S/C8H11NO2/c1-2-3-7(10)6-4-8(11)9-5-6/h2-3,6H,4-5H2,1H3,(H,9,11)/b3-2+/t6-/m0/s1. The Labute approximate surface area is 65.5 Å². The zero-order valence-corrected chi connectivity index (χ0v) is 6.46. The van der Waals surface area contributed by atoms with Gasteiger partial charge in [-0.3, -0.25) is 9.59 Å². The van der Waals surface area contributed by atoms with Gasteiger partial charge in [-0.15, -0.1) is 0 Å². The predicted octanol–water partition coefficient (Wildman–Crippen LogP) is 0.268. The summed E-state index contributed by atoms with van der Waals surface area (Å²) in [5.41, 5.74) is 0.